The molecule has 0 saturated carbocycles. The Morgan fingerprint density at radius 2 is 2.06 bits per heavy atom. The van der Waals surface area contributed by atoms with Gasteiger partial charge in [0.25, 0.3) is 0 Å². The summed E-state index contributed by atoms with van der Waals surface area (Å²) in [6.07, 6.45) is 0.566. The Morgan fingerprint density at radius 3 is 2.59 bits per heavy atom. The van der Waals surface area contributed by atoms with Crippen LogP contribution in [-0.2, 0) is 10.0 Å². The van der Waals surface area contributed by atoms with Crippen LogP contribution in [-0.4, -0.2) is 14.2 Å². The van der Waals surface area contributed by atoms with E-state index in [4.69, 9.17) is 5.73 Å². The summed E-state index contributed by atoms with van der Waals surface area (Å²) >= 11 is 0. The number of halogens is 1. The molecule has 0 spiro atoms. The number of anilines is 2. The lowest BCUT2D eigenvalue weighted by Gasteiger charge is -2.11. The fourth-order valence-electron chi connectivity index (χ4n) is 1.24. The van der Waals surface area contributed by atoms with Crippen molar-refractivity contribution in [3.63, 3.8) is 0 Å². The molecule has 0 aromatic heterocycles. The lowest BCUT2D eigenvalue weighted by atomic mass is 10.2. The van der Waals surface area contributed by atoms with Crippen molar-refractivity contribution in [1.29, 1.82) is 0 Å². The minimum Gasteiger partial charge on any atom is -0.397 e. The molecule has 1 rings (SSSR count). The number of hydrogen-bond acceptors (Lipinski definition) is 3. The minimum atomic E-state index is -3.42. The zero-order valence-corrected chi connectivity index (χ0v) is 10.7. The largest absolute Gasteiger partial charge is 0.397 e. The molecule has 0 heterocycles. The van der Waals surface area contributed by atoms with Crippen LogP contribution in [0.25, 0.3) is 0 Å². The molecular formula is C11H17FN2O2S. The van der Waals surface area contributed by atoms with E-state index in [-0.39, 0.29) is 17.1 Å². The number of nitrogens with one attached hydrogen (secondary N) is 1. The van der Waals surface area contributed by atoms with Crippen molar-refractivity contribution in [3.8, 4) is 0 Å². The molecule has 17 heavy (non-hydrogen) atoms. The molecule has 0 bridgehead atoms. The fraction of sp³-hybridized carbons (Fsp3) is 0.455. The molecule has 1 aromatic rings. The van der Waals surface area contributed by atoms with Gasteiger partial charge in [-0.25, -0.2) is 12.8 Å². The lowest BCUT2D eigenvalue weighted by Crippen LogP contribution is -2.18. The van der Waals surface area contributed by atoms with Gasteiger partial charge in [0.05, 0.1) is 17.1 Å². The van der Waals surface area contributed by atoms with Gasteiger partial charge in [-0.05, 0) is 30.5 Å². The maximum Gasteiger partial charge on any atom is 0.232 e. The second-order valence-corrected chi connectivity index (χ2v) is 6.18. The van der Waals surface area contributed by atoms with Gasteiger partial charge < -0.3 is 5.73 Å². The van der Waals surface area contributed by atoms with Crippen molar-refractivity contribution in [2.24, 2.45) is 5.92 Å². The summed E-state index contributed by atoms with van der Waals surface area (Å²) in [7, 11) is -3.42. The number of nitrogen functional groups attached to an aromatic ring is 1. The zero-order valence-electron chi connectivity index (χ0n) is 9.90. The number of nitrogens with two attached hydrogens (primary N) is 1. The summed E-state index contributed by atoms with van der Waals surface area (Å²) in [5, 5.41) is 0. The highest BCUT2D eigenvalue weighted by Gasteiger charge is 2.13. The molecule has 0 amide bonds. The van der Waals surface area contributed by atoms with Crippen molar-refractivity contribution < 1.29 is 12.8 Å². The average Bonchev–Trinajstić information content (AvgIpc) is 2.20. The van der Waals surface area contributed by atoms with E-state index in [0.29, 0.717) is 12.3 Å². The summed E-state index contributed by atoms with van der Waals surface area (Å²) in [4.78, 5) is 0. The van der Waals surface area contributed by atoms with Gasteiger partial charge in [0.1, 0.15) is 5.82 Å². The van der Waals surface area contributed by atoms with Gasteiger partial charge in [-0.3, -0.25) is 4.72 Å². The Balaban J connectivity index is 2.76. The molecule has 0 unspecified atom stereocenters. The quantitative estimate of drug-likeness (QED) is 0.797. The first-order valence-electron chi connectivity index (χ1n) is 5.35. The Kier molecular flexibility index (Phi) is 4.34. The van der Waals surface area contributed by atoms with E-state index in [0.717, 1.165) is 12.1 Å². The van der Waals surface area contributed by atoms with Gasteiger partial charge in [0.15, 0.2) is 0 Å². The fourth-order valence-corrected chi connectivity index (χ4v) is 2.64. The molecule has 0 aliphatic carbocycles. The van der Waals surface area contributed by atoms with Crippen LogP contribution in [0, 0.1) is 11.7 Å². The van der Waals surface area contributed by atoms with E-state index >= 15 is 0 Å². The van der Waals surface area contributed by atoms with Crippen molar-refractivity contribution in [1.82, 2.24) is 0 Å². The van der Waals surface area contributed by atoms with Crippen LogP contribution in [0.3, 0.4) is 0 Å². The van der Waals surface area contributed by atoms with Crippen molar-refractivity contribution in [2.45, 2.75) is 20.3 Å². The molecule has 0 saturated heterocycles. The third-order valence-corrected chi connectivity index (χ3v) is 3.55. The summed E-state index contributed by atoms with van der Waals surface area (Å²) in [5.41, 5.74) is 5.82. The second kappa shape index (κ2) is 5.35. The van der Waals surface area contributed by atoms with Crippen LogP contribution in [0.1, 0.15) is 20.3 Å². The van der Waals surface area contributed by atoms with Crippen molar-refractivity contribution >= 4 is 21.4 Å². The highest BCUT2D eigenvalue weighted by atomic mass is 32.2. The Morgan fingerprint density at radius 1 is 1.41 bits per heavy atom. The summed E-state index contributed by atoms with van der Waals surface area (Å²) in [6, 6.07) is 3.56. The monoisotopic (exact) mass is 260 g/mol. The first-order chi connectivity index (χ1) is 7.80. The van der Waals surface area contributed by atoms with E-state index in [1.54, 1.807) is 0 Å². The average molecular weight is 260 g/mol. The molecule has 4 nitrogen and oxygen atoms in total. The highest BCUT2D eigenvalue weighted by molar-refractivity contribution is 7.92. The molecule has 3 N–H and O–H groups in total. The van der Waals surface area contributed by atoms with E-state index in [1.807, 2.05) is 13.8 Å². The smallest absolute Gasteiger partial charge is 0.232 e. The standard InChI is InChI=1S/C11H17FN2O2S/c1-8(2)5-6-17(15,16)14-11-4-3-9(12)7-10(11)13/h3-4,7-8,14H,5-6,13H2,1-2H3. The maximum atomic E-state index is 12.8. The van der Waals surface area contributed by atoms with Crippen LogP contribution < -0.4 is 10.5 Å². The first kappa shape index (κ1) is 13.8. The first-order valence-corrected chi connectivity index (χ1v) is 7.01. The molecule has 0 fully saturated rings. The van der Waals surface area contributed by atoms with Crippen LogP contribution in [0.5, 0.6) is 0 Å². The van der Waals surface area contributed by atoms with E-state index in [1.165, 1.54) is 6.07 Å². The van der Waals surface area contributed by atoms with Crippen molar-refractivity contribution in [2.75, 3.05) is 16.2 Å². The Hall–Kier alpha value is -1.30. The molecule has 96 valence electrons. The van der Waals surface area contributed by atoms with Gasteiger partial charge in [-0.15, -0.1) is 0 Å². The van der Waals surface area contributed by atoms with Crippen LogP contribution >= 0.6 is 0 Å². The van der Waals surface area contributed by atoms with Gasteiger partial charge in [0, 0.05) is 0 Å². The van der Waals surface area contributed by atoms with Crippen molar-refractivity contribution in [3.05, 3.63) is 24.0 Å². The Labute approximate surface area is 101 Å². The molecule has 1 aromatic carbocycles. The summed E-state index contributed by atoms with van der Waals surface area (Å²) < 4.78 is 38.5. The lowest BCUT2D eigenvalue weighted by molar-refractivity contribution is 0.578. The number of rotatable bonds is 5. The van der Waals surface area contributed by atoms with Gasteiger partial charge in [-0.2, -0.15) is 0 Å². The highest BCUT2D eigenvalue weighted by Crippen LogP contribution is 2.20. The third-order valence-electron chi connectivity index (χ3n) is 2.24. The minimum absolute atomic E-state index is 0.0292. The predicted octanol–water partition coefficient (Wildman–Crippen LogP) is 2.20. The van der Waals surface area contributed by atoms with Gasteiger partial charge >= 0.3 is 0 Å². The molecule has 0 atom stereocenters. The Bertz CT molecular complexity index is 486. The van der Waals surface area contributed by atoms with Crippen LogP contribution in [0.2, 0.25) is 0 Å². The summed E-state index contributed by atoms with van der Waals surface area (Å²) in [5.74, 6) is -0.161. The third kappa shape index (κ3) is 4.60. The molecule has 6 heteroatoms. The van der Waals surface area contributed by atoms with E-state index < -0.39 is 15.8 Å². The van der Waals surface area contributed by atoms with Crippen LogP contribution in [0.4, 0.5) is 15.8 Å². The number of benzene rings is 1. The number of sulfonamides is 1. The van der Waals surface area contributed by atoms with Gasteiger partial charge in [-0.1, -0.05) is 13.8 Å². The normalized spacial score (nSPS) is 11.8. The second-order valence-electron chi connectivity index (χ2n) is 4.34. The number of hydrogen-bond donors (Lipinski definition) is 2. The van der Waals surface area contributed by atoms with E-state index in [9.17, 15) is 12.8 Å². The summed E-state index contributed by atoms with van der Waals surface area (Å²) in [6.45, 7) is 3.89. The van der Waals surface area contributed by atoms with Gasteiger partial charge in [0.2, 0.25) is 10.0 Å². The van der Waals surface area contributed by atoms with Crippen LogP contribution in [0.15, 0.2) is 18.2 Å². The molecular weight excluding hydrogens is 243 g/mol. The zero-order chi connectivity index (χ0) is 13.1. The SMILES string of the molecule is CC(C)CCS(=O)(=O)Nc1ccc(F)cc1N. The topological polar surface area (TPSA) is 72.2 Å². The van der Waals surface area contributed by atoms with E-state index in [2.05, 4.69) is 4.72 Å². The maximum absolute atomic E-state index is 12.8. The predicted molar refractivity (Wildman–Crippen MR) is 67.7 cm³/mol. The molecule has 0 aliphatic heterocycles. The molecule has 0 aliphatic rings. The molecule has 0 radical (unpaired) electrons.